The Morgan fingerprint density at radius 2 is 1.75 bits per heavy atom. The molecular weight excluding hydrogens is 523 g/mol. The zero-order valence-corrected chi connectivity index (χ0v) is 22.0. The minimum Gasteiger partial charge on any atom is -0.490 e. The highest BCUT2D eigenvalue weighted by Gasteiger charge is 2.22. The third kappa shape index (κ3) is 6.58. The van der Waals surface area contributed by atoms with Crippen molar-refractivity contribution in [1.29, 1.82) is 5.26 Å². The Morgan fingerprint density at radius 3 is 2.36 bits per heavy atom. The Bertz CT molecular complexity index is 1480. The van der Waals surface area contributed by atoms with E-state index in [1.54, 1.807) is 37.3 Å². The Hall–Kier alpha value is -3.51. The molecule has 10 heteroatoms. The van der Waals surface area contributed by atoms with E-state index in [-0.39, 0.29) is 33.6 Å². The molecule has 0 aliphatic carbocycles. The summed E-state index contributed by atoms with van der Waals surface area (Å²) >= 11 is 12.5. The lowest BCUT2D eigenvalue weighted by Gasteiger charge is -2.14. The van der Waals surface area contributed by atoms with Gasteiger partial charge in [-0.05, 0) is 74.4 Å². The Balaban J connectivity index is 1.93. The molecule has 0 bridgehead atoms. The molecule has 0 aliphatic heterocycles. The molecule has 7 nitrogen and oxygen atoms in total. The minimum atomic E-state index is -4.20. The van der Waals surface area contributed by atoms with E-state index in [0.717, 1.165) is 11.1 Å². The summed E-state index contributed by atoms with van der Waals surface area (Å²) in [5.74, 6) is -0.822. The van der Waals surface area contributed by atoms with Crippen molar-refractivity contribution in [3.8, 4) is 17.6 Å². The number of nitrogens with one attached hydrogen (secondary N) is 1. The summed E-state index contributed by atoms with van der Waals surface area (Å²) in [6.07, 6.45) is 1.30. The Labute approximate surface area is 220 Å². The number of carbonyl (C=O) groups is 1. The largest absolute Gasteiger partial charge is 0.490 e. The highest BCUT2D eigenvalue weighted by molar-refractivity contribution is 7.87. The lowest BCUT2D eigenvalue weighted by atomic mass is 10.1. The molecule has 0 aromatic heterocycles. The molecule has 0 atom stereocenters. The number of carbonyl (C=O) groups excluding carboxylic acids is 1. The van der Waals surface area contributed by atoms with Crippen LogP contribution in [0.5, 0.6) is 11.5 Å². The Kier molecular flexibility index (Phi) is 8.64. The second-order valence-electron chi connectivity index (χ2n) is 7.70. The summed E-state index contributed by atoms with van der Waals surface area (Å²) in [4.78, 5) is 12.6. The number of rotatable bonds is 8. The first-order valence-corrected chi connectivity index (χ1v) is 12.9. The van der Waals surface area contributed by atoms with E-state index in [1.165, 1.54) is 30.3 Å². The number of benzene rings is 3. The third-order valence-corrected chi connectivity index (χ3v) is 6.86. The number of ether oxygens (including phenoxy) is 1. The van der Waals surface area contributed by atoms with E-state index in [0.29, 0.717) is 16.3 Å². The molecule has 0 fully saturated rings. The molecule has 3 aromatic rings. The molecule has 1 amide bonds. The van der Waals surface area contributed by atoms with Crippen molar-refractivity contribution in [2.45, 2.75) is 25.7 Å². The number of nitriles is 1. The summed E-state index contributed by atoms with van der Waals surface area (Å²) in [7, 11) is -4.20. The van der Waals surface area contributed by atoms with E-state index in [4.69, 9.17) is 32.1 Å². The van der Waals surface area contributed by atoms with Crippen molar-refractivity contribution >= 4 is 51.0 Å². The van der Waals surface area contributed by atoms with Gasteiger partial charge in [0.25, 0.3) is 5.91 Å². The second-order valence-corrected chi connectivity index (χ2v) is 10.1. The van der Waals surface area contributed by atoms with Crippen LogP contribution in [-0.2, 0) is 14.9 Å². The van der Waals surface area contributed by atoms with Gasteiger partial charge in [-0.2, -0.15) is 13.7 Å². The van der Waals surface area contributed by atoms with Gasteiger partial charge in [-0.3, -0.25) is 4.79 Å². The number of hydrogen-bond acceptors (Lipinski definition) is 6. The lowest BCUT2D eigenvalue weighted by molar-refractivity contribution is -0.112. The molecule has 1 N–H and O–H groups in total. The van der Waals surface area contributed by atoms with Crippen LogP contribution in [0.25, 0.3) is 6.08 Å². The van der Waals surface area contributed by atoms with E-state index in [2.05, 4.69) is 5.32 Å². The summed E-state index contributed by atoms with van der Waals surface area (Å²) in [5, 5.41) is 12.6. The molecule has 3 rings (SSSR count). The van der Waals surface area contributed by atoms with Gasteiger partial charge in [-0.15, -0.1) is 0 Å². The normalized spacial score (nSPS) is 11.5. The number of halogens is 2. The standard InChI is InChI=1S/C26H22Cl2N2O5S/c1-4-34-24-13-18(11-19(15-29)26(31)30-20-8-7-17(3)22(27)14-20)12-23(28)25(24)35-36(32,33)21-9-5-16(2)6-10-21/h5-14H,4H2,1-3H3,(H,30,31)/b19-11+. The van der Waals surface area contributed by atoms with Crippen molar-refractivity contribution in [2.24, 2.45) is 0 Å². The number of amides is 1. The fraction of sp³-hybridized carbons (Fsp3) is 0.154. The summed E-state index contributed by atoms with van der Waals surface area (Å²) in [6, 6.07) is 15.8. The van der Waals surface area contributed by atoms with Crippen LogP contribution in [0.1, 0.15) is 23.6 Å². The summed E-state index contributed by atoms with van der Waals surface area (Å²) in [6.45, 7) is 5.55. The fourth-order valence-corrected chi connectivity index (χ4v) is 4.50. The molecule has 0 saturated heterocycles. The topological polar surface area (TPSA) is 105 Å². The molecule has 0 spiro atoms. The predicted octanol–water partition coefficient (Wildman–Crippen LogP) is 6.32. The van der Waals surface area contributed by atoms with Crippen molar-refractivity contribution in [2.75, 3.05) is 11.9 Å². The lowest BCUT2D eigenvalue weighted by Crippen LogP contribution is -2.13. The first-order chi connectivity index (χ1) is 17.0. The van der Waals surface area contributed by atoms with Gasteiger partial charge in [0.1, 0.15) is 16.5 Å². The van der Waals surface area contributed by atoms with Crippen molar-refractivity contribution in [3.05, 3.63) is 86.9 Å². The van der Waals surface area contributed by atoms with Crippen molar-refractivity contribution in [1.82, 2.24) is 0 Å². The van der Waals surface area contributed by atoms with Gasteiger partial charge in [0, 0.05) is 10.7 Å². The Morgan fingerprint density at radius 1 is 1.06 bits per heavy atom. The van der Waals surface area contributed by atoms with Crippen LogP contribution in [0.2, 0.25) is 10.0 Å². The molecule has 0 unspecified atom stereocenters. The molecule has 36 heavy (non-hydrogen) atoms. The van der Waals surface area contributed by atoms with Crippen LogP contribution in [0.4, 0.5) is 5.69 Å². The quantitative estimate of drug-likeness (QED) is 0.202. The van der Waals surface area contributed by atoms with Crippen molar-refractivity contribution < 1.29 is 22.1 Å². The van der Waals surface area contributed by atoms with Gasteiger partial charge in [-0.1, -0.05) is 47.0 Å². The van der Waals surface area contributed by atoms with Crippen LogP contribution in [0.15, 0.2) is 65.1 Å². The van der Waals surface area contributed by atoms with Gasteiger partial charge >= 0.3 is 10.1 Å². The third-order valence-electron chi connectivity index (χ3n) is 4.94. The molecule has 0 aliphatic rings. The SMILES string of the molecule is CCOc1cc(/C=C(\C#N)C(=O)Nc2ccc(C)c(Cl)c2)cc(Cl)c1OS(=O)(=O)c1ccc(C)cc1. The van der Waals surface area contributed by atoms with Gasteiger partial charge < -0.3 is 14.2 Å². The molecule has 0 saturated carbocycles. The summed E-state index contributed by atoms with van der Waals surface area (Å²) in [5.41, 5.74) is 2.27. The first kappa shape index (κ1) is 27.1. The van der Waals surface area contributed by atoms with Gasteiger partial charge in [0.15, 0.2) is 5.75 Å². The monoisotopic (exact) mass is 544 g/mol. The maximum Gasteiger partial charge on any atom is 0.339 e. The molecule has 0 radical (unpaired) electrons. The van der Waals surface area contributed by atoms with E-state index < -0.39 is 16.0 Å². The predicted molar refractivity (Wildman–Crippen MR) is 140 cm³/mol. The minimum absolute atomic E-state index is 0.0370. The number of aryl methyl sites for hydroxylation is 2. The van der Waals surface area contributed by atoms with E-state index in [1.807, 2.05) is 19.9 Å². The van der Waals surface area contributed by atoms with Crippen LogP contribution in [-0.4, -0.2) is 20.9 Å². The maximum atomic E-state index is 12.8. The van der Waals surface area contributed by atoms with Gasteiger partial charge in [-0.25, -0.2) is 0 Å². The van der Waals surface area contributed by atoms with Crippen LogP contribution in [0, 0.1) is 25.2 Å². The smallest absolute Gasteiger partial charge is 0.339 e. The van der Waals surface area contributed by atoms with E-state index in [9.17, 15) is 18.5 Å². The van der Waals surface area contributed by atoms with Gasteiger partial charge in [0.05, 0.1) is 11.6 Å². The number of hydrogen-bond donors (Lipinski definition) is 1. The first-order valence-electron chi connectivity index (χ1n) is 10.7. The molecule has 3 aromatic carbocycles. The van der Waals surface area contributed by atoms with Crippen LogP contribution < -0.4 is 14.2 Å². The van der Waals surface area contributed by atoms with Crippen LogP contribution >= 0.6 is 23.2 Å². The highest BCUT2D eigenvalue weighted by Crippen LogP contribution is 2.39. The average molecular weight is 545 g/mol. The molecule has 186 valence electrons. The van der Waals surface area contributed by atoms with E-state index >= 15 is 0 Å². The van der Waals surface area contributed by atoms with Crippen molar-refractivity contribution in [3.63, 3.8) is 0 Å². The number of anilines is 1. The molecule has 0 heterocycles. The zero-order chi connectivity index (χ0) is 26.5. The zero-order valence-electron chi connectivity index (χ0n) is 19.6. The highest BCUT2D eigenvalue weighted by atomic mass is 35.5. The summed E-state index contributed by atoms with van der Waals surface area (Å²) < 4.78 is 36.4. The fourth-order valence-electron chi connectivity index (χ4n) is 3.06. The maximum absolute atomic E-state index is 12.8. The van der Waals surface area contributed by atoms with Crippen LogP contribution in [0.3, 0.4) is 0 Å². The molecular formula is C26H22Cl2N2O5S. The average Bonchev–Trinajstić information content (AvgIpc) is 2.82. The second kappa shape index (κ2) is 11.5. The number of nitrogens with zero attached hydrogens (tertiary/aromatic N) is 1. The van der Waals surface area contributed by atoms with Gasteiger partial charge in [0.2, 0.25) is 5.75 Å².